The van der Waals surface area contributed by atoms with Crippen LogP contribution >= 0.6 is 0 Å². The monoisotopic (exact) mass is 423 g/mol. The van der Waals surface area contributed by atoms with E-state index in [-0.39, 0.29) is 0 Å². The number of ether oxygens (including phenoxy) is 2. The molecule has 0 saturated heterocycles. The SMILES string of the molecule is CCOc1ccc2ncc3c(-c4ccc(OC)cc4)nn(-c4ccc(C)c(C)c4)c3c2c1. The van der Waals surface area contributed by atoms with E-state index in [1.54, 1.807) is 7.11 Å². The predicted octanol–water partition coefficient (Wildman–Crippen LogP) is 6.26. The van der Waals surface area contributed by atoms with Crippen molar-refractivity contribution < 1.29 is 9.47 Å². The van der Waals surface area contributed by atoms with Gasteiger partial charge in [-0.15, -0.1) is 0 Å². The number of fused-ring (bicyclic) bond motifs is 3. The minimum Gasteiger partial charge on any atom is -0.497 e. The number of benzene rings is 3. The van der Waals surface area contributed by atoms with Gasteiger partial charge >= 0.3 is 0 Å². The van der Waals surface area contributed by atoms with Gasteiger partial charge in [0.2, 0.25) is 0 Å². The molecule has 0 N–H and O–H groups in total. The van der Waals surface area contributed by atoms with E-state index in [1.807, 2.05) is 54.2 Å². The van der Waals surface area contributed by atoms with Crippen molar-refractivity contribution in [2.75, 3.05) is 13.7 Å². The van der Waals surface area contributed by atoms with Crippen LogP contribution in [0.2, 0.25) is 0 Å². The Hall–Kier alpha value is -3.86. The highest BCUT2D eigenvalue weighted by Crippen LogP contribution is 2.35. The number of pyridine rings is 1. The first-order valence-corrected chi connectivity index (χ1v) is 10.8. The lowest BCUT2D eigenvalue weighted by Crippen LogP contribution is -1.99. The van der Waals surface area contributed by atoms with Crippen LogP contribution < -0.4 is 9.47 Å². The zero-order chi connectivity index (χ0) is 22.2. The van der Waals surface area contributed by atoms with Crippen LogP contribution in [-0.4, -0.2) is 28.5 Å². The number of nitrogens with zero attached hydrogens (tertiary/aromatic N) is 3. The van der Waals surface area contributed by atoms with Gasteiger partial charge < -0.3 is 9.47 Å². The van der Waals surface area contributed by atoms with E-state index in [9.17, 15) is 0 Å². The van der Waals surface area contributed by atoms with Crippen molar-refractivity contribution in [3.05, 3.63) is 78.0 Å². The van der Waals surface area contributed by atoms with Crippen LogP contribution in [0.4, 0.5) is 0 Å². The predicted molar refractivity (Wildman–Crippen MR) is 129 cm³/mol. The third-order valence-electron chi connectivity index (χ3n) is 5.89. The molecule has 0 atom stereocenters. The maximum Gasteiger partial charge on any atom is 0.120 e. The molecule has 5 aromatic rings. The number of aromatic nitrogens is 3. The van der Waals surface area contributed by atoms with E-state index in [0.29, 0.717) is 6.61 Å². The fraction of sp³-hybridized carbons (Fsp3) is 0.185. The van der Waals surface area contributed by atoms with Gasteiger partial charge in [-0.05, 0) is 86.5 Å². The maximum absolute atomic E-state index is 5.79. The minimum absolute atomic E-state index is 0.614. The number of aryl methyl sites for hydroxylation is 2. The minimum atomic E-state index is 0.614. The molecule has 0 unspecified atom stereocenters. The Morgan fingerprint density at radius 2 is 1.62 bits per heavy atom. The molecule has 0 bridgehead atoms. The lowest BCUT2D eigenvalue weighted by Gasteiger charge is -2.09. The Morgan fingerprint density at radius 1 is 0.844 bits per heavy atom. The summed E-state index contributed by atoms with van der Waals surface area (Å²) in [5.41, 5.74) is 7.33. The molecule has 5 nitrogen and oxygen atoms in total. The summed E-state index contributed by atoms with van der Waals surface area (Å²) >= 11 is 0. The van der Waals surface area contributed by atoms with Crippen LogP contribution in [0.1, 0.15) is 18.1 Å². The summed E-state index contributed by atoms with van der Waals surface area (Å²) in [6, 6.07) is 20.4. The first kappa shape index (κ1) is 20.1. The summed E-state index contributed by atoms with van der Waals surface area (Å²) in [5.74, 6) is 1.64. The first-order chi connectivity index (χ1) is 15.6. The van der Waals surface area contributed by atoms with Gasteiger partial charge in [0.1, 0.15) is 17.2 Å². The molecule has 3 aromatic carbocycles. The highest BCUT2D eigenvalue weighted by molar-refractivity contribution is 6.09. The third-order valence-corrected chi connectivity index (χ3v) is 5.89. The molecule has 0 saturated carbocycles. The number of hydrogen-bond acceptors (Lipinski definition) is 4. The molecular weight excluding hydrogens is 398 g/mol. The van der Waals surface area contributed by atoms with Gasteiger partial charge in [-0.3, -0.25) is 4.98 Å². The molecule has 0 aliphatic carbocycles. The highest BCUT2D eigenvalue weighted by Gasteiger charge is 2.18. The average Bonchev–Trinajstić information content (AvgIpc) is 3.21. The second-order valence-electron chi connectivity index (χ2n) is 7.89. The van der Waals surface area contributed by atoms with Crippen molar-refractivity contribution in [1.82, 2.24) is 14.8 Å². The van der Waals surface area contributed by atoms with Crippen molar-refractivity contribution in [3.63, 3.8) is 0 Å². The molecule has 0 fully saturated rings. The summed E-state index contributed by atoms with van der Waals surface area (Å²) in [6.07, 6.45) is 1.92. The molecule has 0 spiro atoms. The van der Waals surface area contributed by atoms with Crippen molar-refractivity contribution in [2.24, 2.45) is 0 Å². The summed E-state index contributed by atoms with van der Waals surface area (Å²) in [7, 11) is 1.67. The Balaban J connectivity index is 1.84. The topological polar surface area (TPSA) is 49.2 Å². The first-order valence-electron chi connectivity index (χ1n) is 10.8. The van der Waals surface area contributed by atoms with Crippen LogP contribution in [0.5, 0.6) is 11.5 Å². The van der Waals surface area contributed by atoms with Crippen LogP contribution in [0.25, 0.3) is 38.8 Å². The number of hydrogen-bond donors (Lipinski definition) is 0. The van der Waals surface area contributed by atoms with E-state index < -0.39 is 0 Å². The second-order valence-corrected chi connectivity index (χ2v) is 7.89. The Bertz CT molecular complexity index is 1440. The van der Waals surface area contributed by atoms with Crippen molar-refractivity contribution in [2.45, 2.75) is 20.8 Å². The van der Waals surface area contributed by atoms with Crippen molar-refractivity contribution in [1.29, 1.82) is 0 Å². The second kappa shape index (κ2) is 8.00. The van der Waals surface area contributed by atoms with Crippen LogP contribution in [0, 0.1) is 13.8 Å². The molecule has 5 heteroatoms. The summed E-state index contributed by atoms with van der Waals surface area (Å²) < 4.78 is 13.2. The lowest BCUT2D eigenvalue weighted by atomic mass is 10.1. The van der Waals surface area contributed by atoms with Crippen molar-refractivity contribution >= 4 is 21.8 Å². The summed E-state index contributed by atoms with van der Waals surface area (Å²) in [4.78, 5) is 4.74. The van der Waals surface area contributed by atoms with Gasteiger partial charge in [0, 0.05) is 22.5 Å². The van der Waals surface area contributed by atoms with Gasteiger partial charge in [0.25, 0.3) is 0 Å². The average molecular weight is 424 g/mol. The van der Waals surface area contributed by atoms with Gasteiger partial charge in [0.05, 0.1) is 30.4 Å². The molecule has 2 heterocycles. The van der Waals surface area contributed by atoms with Gasteiger partial charge in [-0.25, -0.2) is 4.68 Å². The Labute approximate surface area is 187 Å². The quantitative estimate of drug-likeness (QED) is 0.334. The molecular formula is C27H25N3O2. The normalized spacial score (nSPS) is 11.2. The van der Waals surface area contributed by atoms with Crippen LogP contribution in [0.3, 0.4) is 0 Å². The van der Waals surface area contributed by atoms with E-state index in [0.717, 1.165) is 50.2 Å². The fourth-order valence-corrected chi connectivity index (χ4v) is 4.03. The molecule has 2 aromatic heterocycles. The van der Waals surface area contributed by atoms with E-state index in [1.165, 1.54) is 11.1 Å². The summed E-state index contributed by atoms with van der Waals surface area (Å²) in [5, 5.41) is 7.08. The van der Waals surface area contributed by atoms with Gasteiger partial charge in [-0.1, -0.05) is 6.07 Å². The number of rotatable bonds is 5. The van der Waals surface area contributed by atoms with Gasteiger partial charge in [-0.2, -0.15) is 5.10 Å². The lowest BCUT2D eigenvalue weighted by molar-refractivity contribution is 0.341. The van der Waals surface area contributed by atoms with E-state index >= 15 is 0 Å². The summed E-state index contributed by atoms with van der Waals surface area (Å²) in [6.45, 7) is 6.85. The standard InChI is InChI=1S/C27H25N3O2/c1-5-32-22-12-13-25-23(15-22)27-24(16-28-25)26(19-7-10-21(31-4)11-8-19)29-30(27)20-9-6-17(2)18(3)14-20/h6-16H,5H2,1-4H3. The van der Waals surface area contributed by atoms with Crippen molar-refractivity contribution in [3.8, 4) is 28.4 Å². The molecule has 0 aliphatic heterocycles. The molecule has 0 amide bonds. The largest absolute Gasteiger partial charge is 0.497 e. The Kier molecular flexibility index (Phi) is 5.02. The smallest absolute Gasteiger partial charge is 0.120 e. The third kappa shape index (κ3) is 3.36. The van der Waals surface area contributed by atoms with E-state index in [2.05, 4.69) is 38.1 Å². The molecule has 5 rings (SSSR count). The Morgan fingerprint density at radius 3 is 2.34 bits per heavy atom. The highest BCUT2D eigenvalue weighted by atomic mass is 16.5. The molecule has 32 heavy (non-hydrogen) atoms. The van der Waals surface area contributed by atoms with Crippen LogP contribution in [0.15, 0.2) is 66.9 Å². The van der Waals surface area contributed by atoms with Gasteiger partial charge in [0.15, 0.2) is 0 Å². The van der Waals surface area contributed by atoms with E-state index in [4.69, 9.17) is 19.6 Å². The van der Waals surface area contributed by atoms with Crippen LogP contribution in [-0.2, 0) is 0 Å². The fourth-order valence-electron chi connectivity index (χ4n) is 4.03. The maximum atomic E-state index is 5.79. The zero-order valence-electron chi connectivity index (χ0n) is 18.7. The number of methoxy groups -OCH3 is 1. The zero-order valence-corrected chi connectivity index (χ0v) is 18.7. The molecule has 0 radical (unpaired) electrons. The molecule has 0 aliphatic rings. The molecule has 160 valence electrons.